The van der Waals surface area contributed by atoms with E-state index < -0.39 is 0 Å². The van der Waals surface area contributed by atoms with Gasteiger partial charge < -0.3 is 10.1 Å². The highest BCUT2D eigenvalue weighted by atomic mass is 16.5. The van der Waals surface area contributed by atoms with Gasteiger partial charge in [-0.3, -0.25) is 4.79 Å². The number of amides is 1. The molecule has 1 atom stereocenters. The third-order valence-corrected chi connectivity index (χ3v) is 7.55. The van der Waals surface area contributed by atoms with Crippen molar-refractivity contribution in [3.8, 4) is 5.75 Å². The van der Waals surface area contributed by atoms with E-state index in [1.165, 1.54) is 76.2 Å². The third-order valence-electron chi connectivity index (χ3n) is 7.55. The molecule has 0 spiro atoms. The van der Waals surface area contributed by atoms with Gasteiger partial charge in [-0.15, -0.1) is 0 Å². The van der Waals surface area contributed by atoms with Crippen LogP contribution in [-0.2, 0) is 12.0 Å². The first-order chi connectivity index (χ1) is 18.8. The maximum atomic E-state index is 13.1. The molecule has 2 aromatic rings. The van der Waals surface area contributed by atoms with Crippen LogP contribution in [0, 0.1) is 0 Å². The maximum Gasteiger partial charge on any atom is 0.316 e. The van der Waals surface area contributed by atoms with Gasteiger partial charge in [-0.2, -0.15) is 4.57 Å². The van der Waals surface area contributed by atoms with E-state index in [1.54, 1.807) is 0 Å². The number of nitrogens with zero attached hydrogens (tertiary/aromatic N) is 1. The van der Waals surface area contributed by atoms with Gasteiger partial charge in [-0.1, -0.05) is 111 Å². The number of hydrogen-bond acceptors (Lipinski definition) is 2. The van der Waals surface area contributed by atoms with Crippen molar-refractivity contribution in [2.24, 2.45) is 0 Å². The number of carbonyl (C=O) groups excluding carboxylic acids is 1. The Morgan fingerprint density at radius 2 is 1.46 bits per heavy atom. The van der Waals surface area contributed by atoms with E-state index in [4.69, 9.17) is 4.74 Å². The summed E-state index contributed by atoms with van der Waals surface area (Å²) in [5, 5.41) is 3.20. The van der Waals surface area contributed by atoms with Gasteiger partial charge in [0, 0.05) is 18.6 Å². The van der Waals surface area contributed by atoms with Crippen molar-refractivity contribution in [1.29, 1.82) is 0 Å². The average Bonchev–Trinajstić information content (AvgIpc) is 2.91. The molecular formula is C35H57N2O2+. The second-order valence-corrected chi connectivity index (χ2v) is 12.2. The highest BCUT2D eigenvalue weighted by Crippen LogP contribution is 2.34. The highest BCUT2D eigenvalue weighted by molar-refractivity contribution is 5.91. The van der Waals surface area contributed by atoms with Crippen molar-refractivity contribution >= 4 is 5.91 Å². The fourth-order valence-electron chi connectivity index (χ4n) is 5.13. The lowest BCUT2D eigenvalue weighted by molar-refractivity contribution is -0.698. The van der Waals surface area contributed by atoms with Crippen molar-refractivity contribution in [3.05, 3.63) is 59.4 Å². The molecule has 218 valence electrons. The van der Waals surface area contributed by atoms with E-state index in [1.807, 2.05) is 29.0 Å². The number of ether oxygens (including phenoxy) is 1. The molecule has 0 aliphatic heterocycles. The normalized spacial score (nSPS) is 12.4. The minimum absolute atomic E-state index is 0.0406. The number of carbonyl (C=O) groups is 1. The van der Waals surface area contributed by atoms with Gasteiger partial charge in [0.1, 0.15) is 12.3 Å². The Labute approximate surface area is 240 Å². The quantitative estimate of drug-likeness (QED) is 0.143. The zero-order chi connectivity index (χ0) is 28.5. The Kier molecular flexibility index (Phi) is 15.2. The number of benzene rings is 1. The Balaban J connectivity index is 1.82. The zero-order valence-electron chi connectivity index (χ0n) is 26.0. The molecule has 1 unspecified atom stereocenters. The smallest absolute Gasteiger partial charge is 0.316 e. The minimum atomic E-state index is -0.0979. The Morgan fingerprint density at radius 1 is 0.846 bits per heavy atom. The zero-order valence-corrected chi connectivity index (χ0v) is 26.0. The monoisotopic (exact) mass is 537 g/mol. The number of unbranched alkanes of at least 4 members (excludes halogenated alkanes) is 11. The number of nitrogens with one attached hydrogen (secondary N) is 1. The lowest BCUT2D eigenvalue weighted by Crippen LogP contribution is -2.43. The van der Waals surface area contributed by atoms with Gasteiger partial charge in [0.05, 0.1) is 12.6 Å². The summed E-state index contributed by atoms with van der Waals surface area (Å²) in [5.41, 5.74) is 2.95. The molecule has 1 N–H and O–H groups in total. The number of aromatic nitrogens is 1. The van der Waals surface area contributed by atoms with Crippen LogP contribution < -0.4 is 14.6 Å². The molecule has 2 rings (SSSR count). The van der Waals surface area contributed by atoms with E-state index in [2.05, 4.69) is 65.1 Å². The first kappa shape index (κ1) is 32.8. The molecule has 0 radical (unpaired) electrons. The molecule has 0 bridgehead atoms. The van der Waals surface area contributed by atoms with Crippen LogP contribution in [-0.4, -0.2) is 12.5 Å². The lowest BCUT2D eigenvalue weighted by Gasteiger charge is -2.25. The van der Waals surface area contributed by atoms with Crippen molar-refractivity contribution in [2.75, 3.05) is 6.61 Å². The largest absolute Gasteiger partial charge is 0.493 e. The lowest BCUT2D eigenvalue weighted by atomic mass is 9.84. The van der Waals surface area contributed by atoms with Crippen LogP contribution in [0.3, 0.4) is 0 Å². The first-order valence-corrected chi connectivity index (χ1v) is 15.8. The number of hydrogen-bond donors (Lipinski definition) is 1. The van der Waals surface area contributed by atoms with Gasteiger partial charge in [-0.05, 0) is 48.1 Å². The molecule has 4 heteroatoms. The van der Waals surface area contributed by atoms with Crippen LogP contribution in [0.15, 0.2) is 42.6 Å². The summed E-state index contributed by atoms with van der Waals surface area (Å²) in [6.07, 6.45) is 19.1. The second-order valence-electron chi connectivity index (χ2n) is 12.2. The Hall–Kier alpha value is -2.36. The highest BCUT2D eigenvalue weighted by Gasteiger charge is 2.23. The van der Waals surface area contributed by atoms with E-state index in [0.717, 1.165) is 37.3 Å². The van der Waals surface area contributed by atoms with E-state index >= 15 is 0 Å². The van der Waals surface area contributed by atoms with Crippen LogP contribution >= 0.6 is 0 Å². The molecule has 0 aliphatic carbocycles. The van der Waals surface area contributed by atoms with Crippen molar-refractivity contribution in [3.63, 3.8) is 0 Å². The fourth-order valence-corrected chi connectivity index (χ4v) is 5.13. The molecular weight excluding hydrogens is 480 g/mol. The van der Waals surface area contributed by atoms with Gasteiger partial charge >= 0.3 is 5.91 Å². The van der Waals surface area contributed by atoms with E-state index in [-0.39, 0.29) is 17.4 Å². The number of rotatable bonds is 19. The van der Waals surface area contributed by atoms with Crippen LogP contribution in [0.1, 0.15) is 153 Å². The van der Waals surface area contributed by atoms with Crippen LogP contribution in [0.2, 0.25) is 0 Å². The summed E-state index contributed by atoms with van der Waals surface area (Å²) in [7, 11) is 0. The molecule has 4 nitrogen and oxygen atoms in total. The fraction of sp³-hybridized carbons (Fsp3) is 0.657. The van der Waals surface area contributed by atoms with Crippen molar-refractivity contribution < 1.29 is 14.1 Å². The Morgan fingerprint density at radius 3 is 2.05 bits per heavy atom. The summed E-state index contributed by atoms with van der Waals surface area (Å²) in [4.78, 5) is 13.1. The molecule has 0 saturated heterocycles. The van der Waals surface area contributed by atoms with E-state index in [9.17, 15) is 4.79 Å². The van der Waals surface area contributed by atoms with Crippen LogP contribution in [0.25, 0.3) is 0 Å². The molecule has 1 aromatic carbocycles. The molecule has 1 aromatic heterocycles. The van der Waals surface area contributed by atoms with Gasteiger partial charge in [-0.25, -0.2) is 0 Å². The number of aryl methyl sites for hydroxylation is 1. The SMILES string of the molecule is CCCCCCCCCCCCCCOc1ccc(C(C)NC(=O)c2cccc[n+]2CCC)cc1C(C)(C)C. The third kappa shape index (κ3) is 12.1. The number of pyridine rings is 1. The summed E-state index contributed by atoms with van der Waals surface area (Å²) in [6, 6.07) is 12.1. The standard InChI is InChI=1S/C35H56N2O2/c1-7-9-10-11-12-13-14-15-16-17-18-21-27-39-33-24-23-30(28-31(33)35(4,5)6)29(3)36-34(38)32-22-19-20-26-37(32)25-8-2/h19-20,22-24,26,28-29H,7-18,21,25,27H2,1-6H3/p+1. The molecule has 1 heterocycles. The summed E-state index contributed by atoms with van der Waals surface area (Å²) in [5.74, 6) is 0.929. The topological polar surface area (TPSA) is 42.2 Å². The predicted molar refractivity (Wildman–Crippen MR) is 165 cm³/mol. The summed E-state index contributed by atoms with van der Waals surface area (Å²) < 4.78 is 8.32. The second kappa shape index (κ2) is 18.1. The Bertz CT molecular complexity index is 963. The summed E-state index contributed by atoms with van der Waals surface area (Å²) >= 11 is 0. The molecule has 39 heavy (non-hydrogen) atoms. The van der Waals surface area contributed by atoms with Crippen molar-refractivity contribution in [1.82, 2.24) is 5.32 Å². The van der Waals surface area contributed by atoms with Crippen LogP contribution in [0.4, 0.5) is 0 Å². The minimum Gasteiger partial charge on any atom is -0.493 e. The summed E-state index contributed by atoms with van der Waals surface area (Å²) in [6.45, 7) is 14.7. The van der Waals surface area contributed by atoms with Crippen molar-refractivity contribution in [2.45, 2.75) is 143 Å². The van der Waals surface area contributed by atoms with E-state index in [0.29, 0.717) is 5.69 Å². The molecule has 0 saturated carbocycles. The molecule has 0 fully saturated rings. The molecule has 1 amide bonds. The average molecular weight is 538 g/mol. The molecule has 0 aliphatic rings. The maximum absolute atomic E-state index is 13.1. The van der Waals surface area contributed by atoms with Gasteiger partial charge in [0.2, 0.25) is 0 Å². The van der Waals surface area contributed by atoms with Gasteiger partial charge in [0.15, 0.2) is 6.20 Å². The van der Waals surface area contributed by atoms with Gasteiger partial charge in [0.25, 0.3) is 5.69 Å². The van der Waals surface area contributed by atoms with Crippen LogP contribution in [0.5, 0.6) is 5.75 Å². The first-order valence-electron chi connectivity index (χ1n) is 15.8. The predicted octanol–water partition coefficient (Wildman–Crippen LogP) is 9.25.